The Morgan fingerprint density at radius 3 is 2.88 bits per heavy atom. The normalized spacial score (nSPS) is 19.4. The van der Waals surface area contributed by atoms with Gasteiger partial charge in [-0.3, -0.25) is 0 Å². The van der Waals surface area contributed by atoms with Crippen LogP contribution in [0.3, 0.4) is 0 Å². The van der Waals surface area contributed by atoms with Gasteiger partial charge in [-0.15, -0.1) is 0 Å². The molecule has 0 bridgehead atoms. The van der Waals surface area contributed by atoms with Crippen LogP contribution in [-0.4, -0.2) is 7.11 Å². The molecule has 0 saturated heterocycles. The molecule has 0 amide bonds. The number of hydrogen-bond acceptors (Lipinski definition) is 2. The minimum atomic E-state index is 0.0481. The molecule has 2 heteroatoms. The molecule has 1 aromatic rings. The van der Waals surface area contributed by atoms with E-state index in [0.29, 0.717) is 0 Å². The van der Waals surface area contributed by atoms with Crippen LogP contribution in [0.1, 0.15) is 41.9 Å². The Bertz CT molecular complexity index is 431. The van der Waals surface area contributed by atoms with E-state index in [1.54, 1.807) is 7.11 Å². The van der Waals surface area contributed by atoms with Gasteiger partial charge in [-0.1, -0.05) is 12.5 Å². The number of aryl methyl sites for hydroxylation is 2. The third-order valence-corrected chi connectivity index (χ3v) is 3.38. The highest BCUT2D eigenvalue weighted by Crippen LogP contribution is 2.34. The van der Waals surface area contributed by atoms with Gasteiger partial charge >= 0.3 is 0 Å². The van der Waals surface area contributed by atoms with Gasteiger partial charge in [-0.05, 0) is 48.9 Å². The SMILES string of the molecule is COc1cc2c(cc1C)CCCCC2C#N. The number of ether oxygens (including phenoxy) is 1. The van der Waals surface area contributed by atoms with Gasteiger partial charge in [-0.2, -0.15) is 5.26 Å². The van der Waals surface area contributed by atoms with Crippen molar-refractivity contribution in [1.82, 2.24) is 0 Å². The zero-order chi connectivity index (χ0) is 11.5. The zero-order valence-corrected chi connectivity index (χ0v) is 9.92. The summed E-state index contributed by atoms with van der Waals surface area (Å²) >= 11 is 0. The summed E-state index contributed by atoms with van der Waals surface area (Å²) in [5, 5.41) is 9.20. The number of fused-ring (bicyclic) bond motifs is 1. The first kappa shape index (κ1) is 11.0. The van der Waals surface area contributed by atoms with Gasteiger partial charge in [0.25, 0.3) is 0 Å². The molecule has 1 aliphatic rings. The van der Waals surface area contributed by atoms with Crippen molar-refractivity contribution in [3.63, 3.8) is 0 Å². The summed E-state index contributed by atoms with van der Waals surface area (Å²) in [7, 11) is 1.69. The van der Waals surface area contributed by atoms with Gasteiger partial charge in [0.05, 0.1) is 19.1 Å². The molecule has 0 radical (unpaired) electrons. The highest BCUT2D eigenvalue weighted by atomic mass is 16.5. The van der Waals surface area contributed by atoms with E-state index in [-0.39, 0.29) is 5.92 Å². The van der Waals surface area contributed by atoms with Gasteiger partial charge in [0.2, 0.25) is 0 Å². The molecule has 1 atom stereocenters. The van der Waals surface area contributed by atoms with Crippen LogP contribution in [0.25, 0.3) is 0 Å². The van der Waals surface area contributed by atoms with Crippen molar-refractivity contribution in [2.24, 2.45) is 0 Å². The van der Waals surface area contributed by atoms with Crippen molar-refractivity contribution in [2.45, 2.75) is 38.5 Å². The first-order chi connectivity index (χ1) is 7.76. The number of methoxy groups -OCH3 is 1. The Labute approximate surface area is 96.9 Å². The second-order valence-corrected chi connectivity index (χ2v) is 4.45. The summed E-state index contributed by atoms with van der Waals surface area (Å²) in [6, 6.07) is 6.66. The molecule has 1 aromatic carbocycles. The Morgan fingerprint density at radius 1 is 1.38 bits per heavy atom. The van der Waals surface area contributed by atoms with Crippen LogP contribution in [0.2, 0.25) is 0 Å². The molecular formula is C14H17NO. The zero-order valence-electron chi connectivity index (χ0n) is 9.92. The quantitative estimate of drug-likeness (QED) is 0.673. The molecule has 0 saturated carbocycles. The minimum absolute atomic E-state index is 0.0481. The number of rotatable bonds is 1. The molecule has 2 nitrogen and oxygen atoms in total. The van der Waals surface area contributed by atoms with E-state index in [4.69, 9.17) is 4.74 Å². The van der Waals surface area contributed by atoms with Gasteiger partial charge in [0.15, 0.2) is 0 Å². The molecule has 0 N–H and O–H groups in total. The van der Waals surface area contributed by atoms with E-state index >= 15 is 0 Å². The Hall–Kier alpha value is -1.49. The van der Waals surface area contributed by atoms with Crippen LogP contribution < -0.4 is 4.74 Å². The van der Waals surface area contributed by atoms with Crippen molar-refractivity contribution in [3.05, 3.63) is 28.8 Å². The smallest absolute Gasteiger partial charge is 0.122 e. The lowest BCUT2D eigenvalue weighted by Gasteiger charge is -2.14. The lowest BCUT2D eigenvalue weighted by Crippen LogP contribution is -2.00. The average molecular weight is 215 g/mol. The fourth-order valence-electron chi connectivity index (χ4n) is 2.48. The molecule has 0 aromatic heterocycles. The first-order valence-corrected chi connectivity index (χ1v) is 5.83. The monoisotopic (exact) mass is 215 g/mol. The van der Waals surface area contributed by atoms with Gasteiger partial charge in [-0.25, -0.2) is 0 Å². The summed E-state index contributed by atoms with van der Waals surface area (Å²) in [6.45, 7) is 2.06. The number of nitrogens with zero attached hydrogens (tertiary/aromatic N) is 1. The Morgan fingerprint density at radius 2 is 2.19 bits per heavy atom. The summed E-state index contributed by atoms with van der Waals surface area (Å²) in [6.07, 6.45) is 4.42. The van der Waals surface area contributed by atoms with Crippen molar-refractivity contribution >= 4 is 0 Å². The van der Waals surface area contributed by atoms with Gasteiger partial charge < -0.3 is 4.74 Å². The minimum Gasteiger partial charge on any atom is -0.496 e. The van der Waals surface area contributed by atoms with E-state index in [9.17, 15) is 5.26 Å². The van der Waals surface area contributed by atoms with E-state index < -0.39 is 0 Å². The fourth-order valence-corrected chi connectivity index (χ4v) is 2.48. The molecule has 0 fully saturated rings. The summed E-state index contributed by atoms with van der Waals surface area (Å²) in [4.78, 5) is 0. The van der Waals surface area contributed by atoms with Crippen molar-refractivity contribution in [1.29, 1.82) is 5.26 Å². The Kier molecular flexibility index (Phi) is 3.14. The lowest BCUT2D eigenvalue weighted by atomic mass is 9.92. The van der Waals surface area contributed by atoms with E-state index in [0.717, 1.165) is 25.0 Å². The van der Waals surface area contributed by atoms with Crippen molar-refractivity contribution in [3.8, 4) is 11.8 Å². The molecule has 1 unspecified atom stereocenters. The largest absolute Gasteiger partial charge is 0.496 e. The predicted octanol–water partition coefficient (Wildman–Crippen LogP) is 3.34. The molecule has 0 spiro atoms. The van der Waals surface area contributed by atoms with Gasteiger partial charge in [0.1, 0.15) is 5.75 Å². The molecule has 0 aliphatic heterocycles. The van der Waals surface area contributed by atoms with Crippen molar-refractivity contribution < 1.29 is 4.74 Å². The van der Waals surface area contributed by atoms with Crippen LogP contribution >= 0.6 is 0 Å². The highest BCUT2D eigenvalue weighted by molar-refractivity contribution is 5.45. The maximum atomic E-state index is 9.20. The maximum absolute atomic E-state index is 9.20. The number of nitriles is 1. The summed E-state index contributed by atoms with van der Waals surface area (Å²) < 4.78 is 5.34. The topological polar surface area (TPSA) is 33.0 Å². The molecular weight excluding hydrogens is 198 g/mol. The van der Waals surface area contributed by atoms with E-state index in [1.807, 2.05) is 0 Å². The molecule has 84 valence electrons. The second-order valence-electron chi connectivity index (χ2n) is 4.45. The average Bonchev–Trinajstić information content (AvgIpc) is 2.49. The van der Waals surface area contributed by atoms with Crippen molar-refractivity contribution in [2.75, 3.05) is 7.11 Å². The lowest BCUT2D eigenvalue weighted by molar-refractivity contribution is 0.411. The van der Waals surface area contributed by atoms with Crippen LogP contribution in [0.15, 0.2) is 12.1 Å². The Balaban J connectivity index is 2.51. The first-order valence-electron chi connectivity index (χ1n) is 5.83. The van der Waals surface area contributed by atoms with Crippen LogP contribution in [0.4, 0.5) is 0 Å². The molecule has 16 heavy (non-hydrogen) atoms. The predicted molar refractivity (Wildman–Crippen MR) is 63.6 cm³/mol. The molecule has 0 heterocycles. The summed E-state index contributed by atoms with van der Waals surface area (Å²) in [5.41, 5.74) is 3.68. The molecule has 1 aliphatic carbocycles. The van der Waals surface area contributed by atoms with Crippen LogP contribution in [-0.2, 0) is 6.42 Å². The summed E-state index contributed by atoms with van der Waals surface area (Å²) in [5.74, 6) is 0.952. The third-order valence-electron chi connectivity index (χ3n) is 3.38. The third kappa shape index (κ3) is 1.90. The molecule has 2 rings (SSSR count). The maximum Gasteiger partial charge on any atom is 0.122 e. The van der Waals surface area contributed by atoms with E-state index in [1.165, 1.54) is 23.1 Å². The highest BCUT2D eigenvalue weighted by Gasteiger charge is 2.19. The number of hydrogen-bond donors (Lipinski definition) is 0. The van der Waals surface area contributed by atoms with Crippen LogP contribution in [0, 0.1) is 18.3 Å². The number of benzene rings is 1. The standard InChI is InChI=1S/C14H17NO/c1-10-7-11-5-3-4-6-12(9-15)13(11)8-14(10)16-2/h7-8,12H,3-6H2,1-2H3. The second kappa shape index (κ2) is 4.57. The van der Waals surface area contributed by atoms with Gasteiger partial charge in [0, 0.05) is 0 Å². The van der Waals surface area contributed by atoms with Crippen LogP contribution in [0.5, 0.6) is 5.75 Å². The van der Waals surface area contributed by atoms with E-state index in [2.05, 4.69) is 25.1 Å². The fraction of sp³-hybridized carbons (Fsp3) is 0.500.